The molecule has 3 N–H and O–H groups in total. The molecule has 27 heavy (non-hydrogen) atoms. The fourth-order valence-corrected chi connectivity index (χ4v) is 3.16. The first-order valence-corrected chi connectivity index (χ1v) is 9.29. The molecule has 7 heteroatoms. The molecular formula is C20H19N3O3S. The van der Waals surface area contributed by atoms with E-state index in [2.05, 4.69) is 15.6 Å². The molecule has 1 heterocycles. The first kappa shape index (κ1) is 18.6. The predicted octanol–water partition coefficient (Wildman–Crippen LogP) is 3.98. The van der Waals surface area contributed by atoms with Gasteiger partial charge in [-0.3, -0.25) is 9.59 Å². The van der Waals surface area contributed by atoms with Crippen LogP contribution in [0.15, 0.2) is 53.9 Å². The molecular weight excluding hydrogens is 362 g/mol. The van der Waals surface area contributed by atoms with Gasteiger partial charge < -0.3 is 15.7 Å². The summed E-state index contributed by atoms with van der Waals surface area (Å²) in [5.41, 5.74) is 2.50. The van der Waals surface area contributed by atoms with E-state index in [0.717, 1.165) is 11.1 Å². The molecule has 0 spiro atoms. The van der Waals surface area contributed by atoms with E-state index in [9.17, 15) is 14.7 Å². The van der Waals surface area contributed by atoms with Crippen molar-refractivity contribution >= 4 is 34.0 Å². The number of amides is 2. The van der Waals surface area contributed by atoms with Crippen LogP contribution in [-0.4, -0.2) is 21.9 Å². The van der Waals surface area contributed by atoms with Crippen molar-refractivity contribution in [3.63, 3.8) is 0 Å². The van der Waals surface area contributed by atoms with Crippen molar-refractivity contribution in [2.24, 2.45) is 0 Å². The summed E-state index contributed by atoms with van der Waals surface area (Å²) >= 11 is 1.18. The summed E-state index contributed by atoms with van der Waals surface area (Å²) in [5.74, 6) is -0.618. The lowest BCUT2D eigenvalue weighted by Gasteiger charge is -2.06. The van der Waals surface area contributed by atoms with Crippen LogP contribution in [0.2, 0.25) is 0 Å². The van der Waals surface area contributed by atoms with Crippen LogP contribution >= 0.6 is 11.3 Å². The summed E-state index contributed by atoms with van der Waals surface area (Å²) in [5, 5.41) is 17.1. The number of aromatic nitrogens is 1. The largest absolute Gasteiger partial charge is 0.506 e. The second kappa shape index (κ2) is 8.46. The molecule has 0 aliphatic rings. The van der Waals surface area contributed by atoms with Gasteiger partial charge in [0.1, 0.15) is 11.4 Å². The van der Waals surface area contributed by atoms with Crippen molar-refractivity contribution in [3.05, 3.63) is 70.7 Å². The van der Waals surface area contributed by atoms with E-state index < -0.39 is 5.91 Å². The SMILES string of the molecule is Cc1ccc(O)c(NC(=O)c2csc(NC(=O)CCc3ccccc3)n2)c1. The number of aryl methyl sites for hydroxylation is 2. The van der Waals surface area contributed by atoms with E-state index in [1.807, 2.05) is 37.3 Å². The maximum atomic E-state index is 12.3. The lowest BCUT2D eigenvalue weighted by atomic mass is 10.1. The maximum absolute atomic E-state index is 12.3. The third-order valence-electron chi connectivity index (χ3n) is 3.87. The molecule has 0 aliphatic carbocycles. The lowest BCUT2D eigenvalue weighted by molar-refractivity contribution is -0.116. The monoisotopic (exact) mass is 381 g/mol. The molecule has 0 bridgehead atoms. The first-order valence-electron chi connectivity index (χ1n) is 8.41. The summed E-state index contributed by atoms with van der Waals surface area (Å²) in [6, 6.07) is 14.7. The second-order valence-electron chi connectivity index (χ2n) is 6.05. The molecule has 0 aliphatic heterocycles. The van der Waals surface area contributed by atoms with Crippen LogP contribution in [0.25, 0.3) is 0 Å². The minimum Gasteiger partial charge on any atom is -0.506 e. The molecule has 0 fully saturated rings. The molecule has 3 aromatic rings. The van der Waals surface area contributed by atoms with Gasteiger partial charge in [0.15, 0.2) is 5.13 Å². The zero-order chi connectivity index (χ0) is 19.2. The summed E-state index contributed by atoms with van der Waals surface area (Å²) in [6.45, 7) is 1.86. The summed E-state index contributed by atoms with van der Waals surface area (Å²) in [6.07, 6.45) is 0.973. The molecule has 0 saturated heterocycles. The number of thiazole rings is 1. The van der Waals surface area contributed by atoms with E-state index in [-0.39, 0.29) is 17.4 Å². The highest BCUT2D eigenvalue weighted by atomic mass is 32.1. The highest BCUT2D eigenvalue weighted by Crippen LogP contribution is 2.25. The van der Waals surface area contributed by atoms with Gasteiger partial charge in [-0.05, 0) is 36.6 Å². The Morgan fingerprint density at radius 2 is 1.89 bits per heavy atom. The van der Waals surface area contributed by atoms with Gasteiger partial charge in [0.05, 0.1) is 5.69 Å². The number of carbonyl (C=O) groups excluding carboxylic acids is 2. The lowest BCUT2D eigenvalue weighted by Crippen LogP contribution is -2.14. The smallest absolute Gasteiger partial charge is 0.275 e. The number of nitrogens with one attached hydrogen (secondary N) is 2. The van der Waals surface area contributed by atoms with Gasteiger partial charge in [0, 0.05) is 11.8 Å². The Bertz CT molecular complexity index is 954. The van der Waals surface area contributed by atoms with E-state index in [0.29, 0.717) is 23.7 Å². The number of phenols is 1. The minimum atomic E-state index is -0.447. The third-order valence-corrected chi connectivity index (χ3v) is 4.62. The molecule has 1 aromatic heterocycles. The van der Waals surface area contributed by atoms with Crippen molar-refractivity contribution in [2.45, 2.75) is 19.8 Å². The summed E-state index contributed by atoms with van der Waals surface area (Å²) < 4.78 is 0. The van der Waals surface area contributed by atoms with Gasteiger partial charge in [-0.1, -0.05) is 36.4 Å². The van der Waals surface area contributed by atoms with Crippen LogP contribution in [0.1, 0.15) is 28.0 Å². The van der Waals surface area contributed by atoms with Gasteiger partial charge in [0.25, 0.3) is 5.91 Å². The topological polar surface area (TPSA) is 91.3 Å². The third kappa shape index (κ3) is 5.15. The molecule has 0 saturated carbocycles. The van der Waals surface area contributed by atoms with Crippen molar-refractivity contribution in [1.82, 2.24) is 4.98 Å². The standard InChI is InChI=1S/C20H19N3O3S/c1-13-7-9-17(24)15(11-13)21-19(26)16-12-27-20(22-16)23-18(25)10-8-14-5-3-2-4-6-14/h2-7,9,11-12,24H,8,10H2,1H3,(H,21,26)(H,22,23,25). The molecule has 138 valence electrons. The highest BCUT2D eigenvalue weighted by molar-refractivity contribution is 7.14. The van der Waals surface area contributed by atoms with Crippen molar-refractivity contribution in [3.8, 4) is 5.75 Å². The number of nitrogens with zero attached hydrogens (tertiary/aromatic N) is 1. The zero-order valence-corrected chi connectivity index (χ0v) is 15.5. The number of hydrogen-bond donors (Lipinski definition) is 3. The van der Waals surface area contributed by atoms with Gasteiger partial charge in [-0.25, -0.2) is 4.98 Å². The number of anilines is 2. The Hall–Kier alpha value is -3.19. The van der Waals surface area contributed by atoms with E-state index in [1.54, 1.807) is 17.5 Å². The van der Waals surface area contributed by atoms with Crippen molar-refractivity contribution < 1.29 is 14.7 Å². The van der Waals surface area contributed by atoms with Crippen LogP contribution in [-0.2, 0) is 11.2 Å². The van der Waals surface area contributed by atoms with Crippen LogP contribution in [0.3, 0.4) is 0 Å². The van der Waals surface area contributed by atoms with E-state index in [4.69, 9.17) is 0 Å². The quantitative estimate of drug-likeness (QED) is 0.563. The number of rotatable bonds is 6. The Morgan fingerprint density at radius 1 is 1.11 bits per heavy atom. The maximum Gasteiger partial charge on any atom is 0.275 e. The fraction of sp³-hybridized carbons (Fsp3) is 0.150. The van der Waals surface area contributed by atoms with Crippen molar-refractivity contribution in [1.29, 1.82) is 0 Å². The van der Waals surface area contributed by atoms with Crippen LogP contribution in [0, 0.1) is 6.92 Å². The Morgan fingerprint density at radius 3 is 2.67 bits per heavy atom. The zero-order valence-electron chi connectivity index (χ0n) is 14.7. The average Bonchev–Trinajstić information content (AvgIpc) is 3.12. The molecule has 2 amide bonds. The highest BCUT2D eigenvalue weighted by Gasteiger charge is 2.14. The minimum absolute atomic E-state index is 0.0152. The molecule has 0 atom stereocenters. The number of carbonyl (C=O) groups is 2. The summed E-state index contributed by atoms with van der Waals surface area (Å²) in [4.78, 5) is 28.5. The van der Waals surface area contributed by atoms with E-state index in [1.165, 1.54) is 17.4 Å². The van der Waals surface area contributed by atoms with Gasteiger partial charge in [-0.15, -0.1) is 11.3 Å². The molecule has 0 unspecified atom stereocenters. The predicted molar refractivity (Wildman–Crippen MR) is 106 cm³/mol. The number of aromatic hydroxyl groups is 1. The number of benzene rings is 2. The first-order chi connectivity index (χ1) is 13.0. The number of hydrogen-bond acceptors (Lipinski definition) is 5. The fourth-order valence-electron chi connectivity index (χ4n) is 2.46. The molecule has 6 nitrogen and oxygen atoms in total. The van der Waals surface area contributed by atoms with Gasteiger partial charge >= 0.3 is 0 Å². The Labute approximate surface area is 160 Å². The normalized spacial score (nSPS) is 10.4. The molecule has 0 radical (unpaired) electrons. The molecule has 2 aromatic carbocycles. The average molecular weight is 381 g/mol. The van der Waals surface area contributed by atoms with Crippen LogP contribution in [0.5, 0.6) is 5.75 Å². The van der Waals surface area contributed by atoms with Gasteiger partial charge in [0.2, 0.25) is 5.91 Å². The number of phenolic OH excluding ortho intramolecular Hbond substituents is 1. The van der Waals surface area contributed by atoms with Crippen LogP contribution in [0.4, 0.5) is 10.8 Å². The van der Waals surface area contributed by atoms with E-state index >= 15 is 0 Å². The second-order valence-corrected chi connectivity index (χ2v) is 6.90. The van der Waals surface area contributed by atoms with Crippen molar-refractivity contribution in [2.75, 3.05) is 10.6 Å². The summed E-state index contributed by atoms with van der Waals surface area (Å²) in [7, 11) is 0. The Balaban J connectivity index is 1.56. The Kier molecular flexibility index (Phi) is 5.83. The molecule has 3 rings (SSSR count). The van der Waals surface area contributed by atoms with Crippen LogP contribution < -0.4 is 10.6 Å². The van der Waals surface area contributed by atoms with Gasteiger partial charge in [-0.2, -0.15) is 0 Å².